The standard InChI is InChI=1S/C15H10BrFN2O/c16-11-8-10(6-7-12(11)17)14-13(15(18)20-19-14)9-4-2-1-3-5-9/h1-8H,18H2. The zero-order chi connectivity index (χ0) is 14.1. The highest BCUT2D eigenvalue weighted by Gasteiger charge is 2.17. The number of nitrogens with zero attached hydrogens (tertiary/aromatic N) is 1. The summed E-state index contributed by atoms with van der Waals surface area (Å²) in [4.78, 5) is 0. The molecule has 5 heteroatoms. The Hall–Kier alpha value is -2.14. The fraction of sp³-hybridized carbons (Fsp3) is 0. The van der Waals surface area contributed by atoms with Gasteiger partial charge in [-0.2, -0.15) is 0 Å². The van der Waals surface area contributed by atoms with Crippen LogP contribution in [0, 0.1) is 5.82 Å². The Morgan fingerprint density at radius 2 is 1.80 bits per heavy atom. The van der Waals surface area contributed by atoms with Gasteiger partial charge < -0.3 is 10.3 Å². The van der Waals surface area contributed by atoms with Gasteiger partial charge >= 0.3 is 0 Å². The molecule has 0 saturated carbocycles. The Kier molecular flexibility index (Phi) is 3.28. The van der Waals surface area contributed by atoms with Gasteiger partial charge in [-0.3, -0.25) is 0 Å². The number of anilines is 1. The highest BCUT2D eigenvalue weighted by molar-refractivity contribution is 9.10. The number of nitrogens with two attached hydrogens (primary N) is 1. The second kappa shape index (κ2) is 5.09. The molecular weight excluding hydrogens is 323 g/mol. The van der Waals surface area contributed by atoms with E-state index in [1.165, 1.54) is 6.07 Å². The third-order valence-corrected chi connectivity index (χ3v) is 3.58. The van der Waals surface area contributed by atoms with E-state index in [9.17, 15) is 4.39 Å². The highest BCUT2D eigenvalue weighted by Crippen LogP contribution is 2.37. The molecule has 100 valence electrons. The van der Waals surface area contributed by atoms with Gasteiger partial charge in [-0.25, -0.2) is 4.39 Å². The van der Waals surface area contributed by atoms with Crippen LogP contribution in [0.15, 0.2) is 57.5 Å². The van der Waals surface area contributed by atoms with E-state index in [2.05, 4.69) is 21.1 Å². The van der Waals surface area contributed by atoms with Crippen LogP contribution in [0.1, 0.15) is 0 Å². The van der Waals surface area contributed by atoms with Crippen molar-refractivity contribution in [3.63, 3.8) is 0 Å². The molecule has 2 aromatic carbocycles. The zero-order valence-electron chi connectivity index (χ0n) is 10.3. The Bertz CT molecular complexity index is 756. The van der Waals surface area contributed by atoms with E-state index in [1.54, 1.807) is 12.1 Å². The molecule has 3 rings (SSSR count). The lowest BCUT2D eigenvalue weighted by atomic mass is 10.0. The van der Waals surface area contributed by atoms with Gasteiger partial charge in [0.05, 0.1) is 10.0 Å². The average Bonchev–Trinajstić information content (AvgIpc) is 2.85. The minimum Gasteiger partial charge on any atom is -0.367 e. The highest BCUT2D eigenvalue weighted by atomic mass is 79.9. The van der Waals surface area contributed by atoms with E-state index in [-0.39, 0.29) is 11.7 Å². The monoisotopic (exact) mass is 332 g/mol. The Morgan fingerprint density at radius 3 is 2.50 bits per heavy atom. The van der Waals surface area contributed by atoms with E-state index >= 15 is 0 Å². The van der Waals surface area contributed by atoms with E-state index in [4.69, 9.17) is 10.3 Å². The first kappa shape index (κ1) is 12.9. The minimum absolute atomic E-state index is 0.242. The maximum absolute atomic E-state index is 13.3. The molecule has 2 N–H and O–H groups in total. The summed E-state index contributed by atoms with van der Waals surface area (Å²) in [7, 11) is 0. The van der Waals surface area contributed by atoms with Crippen molar-refractivity contribution in [1.82, 2.24) is 5.16 Å². The van der Waals surface area contributed by atoms with Crippen LogP contribution in [0.25, 0.3) is 22.4 Å². The van der Waals surface area contributed by atoms with Crippen molar-refractivity contribution in [2.45, 2.75) is 0 Å². The molecule has 0 fully saturated rings. The number of aromatic nitrogens is 1. The van der Waals surface area contributed by atoms with Gasteiger partial charge in [0.25, 0.3) is 0 Å². The van der Waals surface area contributed by atoms with E-state index < -0.39 is 0 Å². The maximum atomic E-state index is 13.3. The number of nitrogen functional groups attached to an aromatic ring is 1. The van der Waals surface area contributed by atoms with Crippen molar-refractivity contribution in [1.29, 1.82) is 0 Å². The van der Waals surface area contributed by atoms with Gasteiger partial charge in [0.1, 0.15) is 11.5 Å². The first-order valence-corrected chi connectivity index (χ1v) is 6.72. The van der Waals surface area contributed by atoms with Crippen LogP contribution in [-0.4, -0.2) is 5.16 Å². The molecule has 0 aliphatic rings. The van der Waals surface area contributed by atoms with E-state index in [0.717, 1.165) is 11.1 Å². The van der Waals surface area contributed by atoms with Crippen LogP contribution in [-0.2, 0) is 0 Å². The summed E-state index contributed by atoms with van der Waals surface area (Å²) in [5.74, 6) is -0.0851. The number of rotatable bonds is 2. The van der Waals surface area contributed by atoms with Crippen molar-refractivity contribution in [2.24, 2.45) is 0 Å². The van der Waals surface area contributed by atoms with E-state index in [0.29, 0.717) is 15.7 Å². The first-order valence-electron chi connectivity index (χ1n) is 5.93. The molecule has 0 spiro atoms. The fourth-order valence-electron chi connectivity index (χ4n) is 2.03. The second-order valence-corrected chi connectivity index (χ2v) is 5.12. The topological polar surface area (TPSA) is 52.0 Å². The Morgan fingerprint density at radius 1 is 1.05 bits per heavy atom. The number of hydrogen-bond donors (Lipinski definition) is 1. The van der Waals surface area contributed by atoms with Gasteiger partial charge in [0.2, 0.25) is 5.88 Å². The van der Waals surface area contributed by atoms with Crippen LogP contribution < -0.4 is 5.73 Å². The number of halogens is 2. The molecule has 0 radical (unpaired) electrons. The van der Waals surface area contributed by atoms with Gasteiger partial charge in [-0.05, 0) is 39.7 Å². The van der Waals surface area contributed by atoms with Gasteiger partial charge in [0.15, 0.2) is 0 Å². The van der Waals surface area contributed by atoms with Crippen molar-refractivity contribution < 1.29 is 8.91 Å². The molecule has 0 unspecified atom stereocenters. The molecule has 0 bridgehead atoms. The van der Waals surface area contributed by atoms with Crippen molar-refractivity contribution in [2.75, 3.05) is 5.73 Å². The van der Waals surface area contributed by atoms with Crippen LogP contribution in [0.3, 0.4) is 0 Å². The molecule has 3 nitrogen and oxygen atoms in total. The predicted molar refractivity (Wildman–Crippen MR) is 79.4 cm³/mol. The summed E-state index contributed by atoms with van der Waals surface area (Å²) in [6.07, 6.45) is 0. The van der Waals surface area contributed by atoms with Crippen molar-refractivity contribution >= 4 is 21.8 Å². The SMILES string of the molecule is Nc1onc(-c2ccc(F)c(Br)c2)c1-c1ccccc1. The van der Waals surface area contributed by atoms with E-state index in [1.807, 2.05) is 30.3 Å². The molecule has 0 aliphatic heterocycles. The average molecular weight is 333 g/mol. The zero-order valence-corrected chi connectivity index (χ0v) is 11.9. The van der Waals surface area contributed by atoms with Crippen molar-refractivity contribution in [3.05, 3.63) is 58.8 Å². The normalized spacial score (nSPS) is 10.7. The molecule has 1 aromatic heterocycles. The third kappa shape index (κ3) is 2.20. The predicted octanol–water partition coefficient (Wildman–Crippen LogP) is 4.49. The molecule has 3 aromatic rings. The lowest BCUT2D eigenvalue weighted by Crippen LogP contribution is -1.88. The van der Waals surface area contributed by atoms with Crippen LogP contribution in [0.5, 0.6) is 0 Å². The molecule has 0 aliphatic carbocycles. The summed E-state index contributed by atoms with van der Waals surface area (Å²) < 4.78 is 18.8. The summed E-state index contributed by atoms with van der Waals surface area (Å²) in [6.45, 7) is 0. The largest absolute Gasteiger partial charge is 0.367 e. The first-order chi connectivity index (χ1) is 9.66. The van der Waals surface area contributed by atoms with Gasteiger partial charge in [0, 0.05) is 5.56 Å². The lowest BCUT2D eigenvalue weighted by molar-refractivity contribution is 0.439. The van der Waals surface area contributed by atoms with Crippen LogP contribution in [0.2, 0.25) is 0 Å². The van der Waals surface area contributed by atoms with Crippen molar-refractivity contribution in [3.8, 4) is 22.4 Å². The van der Waals surface area contributed by atoms with Crippen LogP contribution >= 0.6 is 15.9 Å². The second-order valence-electron chi connectivity index (χ2n) is 4.27. The molecule has 1 heterocycles. The smallest absolute Gasteiger partial charge is 0.230 e. The van der Waals surface area contributed by atoms with Crippen LogP contribution in [0.4, 0.5) is 10.3 Å². The fourth-order valence-corrected chi connectivity index (χ4v) is 2.41. The molecule has 20 heavy (non-hydrogen) atoms. The number of hydrogen-bond acceptors (Lipinski definition) is 3. The Balaban J connectivity index is 2.18. The molecule has 0 amide bonds. The number of benzene rings is 2. The summed E-state index contributed by atoms with van der Waals surface area (Å²) in [5.41, 5.74) is 8.81. The third-order valence-electron chi connectivity index (χ3n) is 2.97. The maximum Gasteiger partial charge on any atom is 0.230 e. The van der Waals surface area contributed by atoms with Gasteiger partial charge in [-0.1, -0.05) is 35.5 Å². The van der Waals surface area contributed by atoms with Gasteiger partial charge in [-0.15, -0.1) is 0 Å². The lowest BCUT2D eigenvalue weighted by Gasteiger charge is -2.03. The summed E-state index contributed by atoms with van der Waals surface area (Å²) >= 11 is 3.17. The summed E-state index contributed by atoms with van der Waals surface area (Å²) in [6, 6.07) is 14.2. The molecule has 0 atom stereocenters. The minimum atomic E-state index is -0.327. The Labute approximate surface area is 123 Å². The summed E-state index contributed by atoms with van der Waals surface area (Å²) in [5, 5.41) is 3.99. The quantitative estimate of drug-likeness (QED) is 0.752. The molecular formula is C15H10BrFN2O. The molecule has 0 saturated heterocycles.